The minimum Gasteiger partial charge on any atom is -0.335 e. The van der Waals surface area contributed by atoms with E-state index in [0.29, 0.717) is 18.4 Å². The monoisotopic (exact) mass is 336 g/mol. The summed E-state index contributed by atoms with van der Waals surface area (Å²) in [6.07, 6.45) is 5.51. The first-order chi connectivity index (χ1) is 10.6. The smallest absolute Gasteiger partial charge is 0.226 e. The first kappa shape index (κ1) is 18.3. The molecule has 1 saturated carbocycles. The lowest BCUT2D eigenvalue weighted by Gasteiger charge is -2.31. The summed E-state index contributed by atoms with van der Waals surface area (Å²) < 4.78 is 0. The molecule has 1 unspecified atom stereocenters. The molecule has 128 valence electrons. The third-order valence-corrected chi connectivity index (χ3v) is 5.82. The van der Waals surface area contributed by atoms with Crippen LogP contribution in [0.2, 0.25) is 0 Å². The van der Waals surface area contributed by atoms with Crippen molar-refractivity contribution in [3.05, 3.63) is 34.9 Å². The lowest BCUT2D eigenvalue weighted by molar-refractivity contribution is -0.137. The average molecular weight is 337 g/mol. The van der Waals surface area contributed by atoms with Crippen LogP contribution in [-0.4, -0.2) is 23.9 Å². The van der Waals surface area contributed by atoms with Crippen LogP contribution in [0.15, 0.2) is 18.2 Å². The molecule has 2 fully saturated rings. The summed E-state index contributed by atoms with van der Waals surface area (Å²) in [6, 6.07) is 6.75. The van der Waals surface area contributed by atoms with Gasteiger partial charge in [-0.15, -0.1) is 12.4 Å². The standard InChI is InChI=1S/C19H28N2O.ClH/c1-13-6-3-8-16(14(13)2)18-10-5-11-21(18)19(22)17-9-4-7-15(17)12-20;/h3,6,8,15,17-18H,4-5,7,9-12,20H2,1-2H3;1H/t15-,17-,18?;/m1./s1. The molecule has 0 spiro atoms. The zero-order valence-electron chi connectivity index (χ0n) is 14.3. The number of rotatable bonds is 3. The lowest BCUT2D eigenvalue weighted by Crippen LogP contribution is -2.38. The van der Waals surface area contributed by atoms with Gasteiger partial charge in [0.1, 0.15) is 0 Å². The molecule has 1 amide bonds. The fourth-order valence-electron chi connectivity index (χ4n) is 4.35. The Balaban J connectivity index is 0.00000192. The van der Waals surface area contributed by atoms with Gasteiger partial charge >= 0.3 is 0 Å². The second-order valence-electron chi connectivity index (χ2n) is 7.01. The second-order valence-corrected chi connectivity index (χ2v) is 7.01. The Kier molecular flexibility index (Phi) is 6.10. The van der Waals surface area contributed by atoms with Gasteiger partial charge in [0.05, 0.1) is 6.04 Å². The normalized spacial score (nSPS) is 27.1. The maximum atomic E-state index is 13.1. The Morgan fingerprint density at radius 3 is 2.74 bits per heavy atom. The van der Waals surface area contributed by atoms with Crippen molar-refractivity contribution >= 4 is 18.3 Å². The van der Waals surface area contributed by atoms with Crippen LogP contribution in [0.4, 0.5) is 0 Å². The van der Waals surface area contributed by atoms with Crippen LogP contribution >= 0.6 is 12.4 Å². The van der Waals surface area contributed by atoms with Gasteiger partial charge in [-0.2, -0.15) is 0 Å². The molecule has 0 aromatic heterocycles. The summed E-state index contributed by atoms with van der Waals surface area (Å²) in [5.41, 5.74) is 9.88. The largest absolute Gasteiger partial charge is 0.335 e. The van der Waals surface area contributed by atoms with Gasteiger partial charge < -0.3 is 10.6 Å². The van der Waals surface area contributed by atoms with E-state index < -0.39 is 0 Å². The van der Waals surface area contributed by atoms with Crippen molar-refractivity contribution in [1.29, 1.82) is 0 Å². The minimum absolute atomic E-state index is 0. The van der Waals surface area contributed by atoms with Gasteiger partial charge in [0.25, 0.3) is 0 Å². The molecular weight excluding hydrogens is 308 g/mol. The molecule has 1 aliphatic carbocycles. The maximum absolute atomic E-state index is 13.1. The van der Waals surface area contributed by atoms with E-state index in [1.807, 2.05) is 0 Å². The molecule has 3 atom stereocenters. The Labute approximate surface area is 146 Å². The molecule has 4 heteroatoms. The SMILES string of the molecule is Cc1cccc(C2CCCN2C(=O)[C@@H]2CCC[C@@H]2CN)c1C.Cl. The molecule has 2 aliphatic rings. The molecular formula is C19H29ClN2O. The molecule has 1 aromatic carbocycles. The highest BCUT2D eigenvalue weighted by Crippen LogP contribution is 2.39. The van der Waals surface area contributed by atoms with E-state index in [2.05, 4.69) is 36.9 Å². The topological polar surface area (TPSA) is 46.3 Å². The van der Waals surface area contributed by atoms with Gasteiger partial charge in [-0.25, -0.2) is 0 Å². The summed E-state index contributed by atoms with van der Waals surface area (Å²) in [7, 11) is 0. The molecule has 1 aliphatic heterocycles. The van der Waals surface area contributed by atoms with Crippen LogP contribution < -0.4 is 5.73 Å². The van der Waals surface area contributed by atoms with E-state index >= 15 is 0 Å². The molecule has 23 heavy (non-hydrogen) atoms. The Bertz CT molecular complexity index is 560. The van der Waals surface area contributed by atoms with Gasteiger partial charge in [-0.05, 0) is 68.7 Å². The highest BCUT2D eigenvalue weighted by Gasteiger charge is 2.39. The molecule has 3 nitrogen and oxygen atoms in total. The van der Waals surface area contributed by atoms with Crippen LogP contribution in [0.25, 0.3) is 0 Å². The number of amides is 1. The number of halogens is 1. The van der Waals surface area contributed by atoms with Gasteiger partial charge in [-0.3, -0.25) is 4.79 Å². The number of benzene rings is 1. The van der Waals surface area contributed by atoms with Crippen LogP contribution in [-0.2, 0) is 4.79 Å². The number of likely N-dealkylation sites (tertiary alicyclic amines) is 1. The van der Waals surface area contributed by atoms with E-state index in [-0.39, 0.29) is 24.4 Å². The van der Waals surface area contributed by atoms with E-state index in [1.165, 1.54) is 16.7 Å². The van der Waals surface area contributed by atoms with Crippen molar-refractivity contribution in [3.8, 4) is 0 Å². The third kappa shape index (κ3) is 3.41. The number of hydrogen-bond donors (Lipinski definition) is 1. The number of carbonyl (C=O) groups excluding carboxylic acids is 1. The minimum atomic E-state index is 0. The zero-order valence-corrected chi connectivity index (χ0v) is 15.1. The molecule has 0 bridgehead atoms. The van der Waals surface area contributed by atoms with E-state index in [4.69, 9.17) is 5.73 Å². The highest BCUT2D eigenvalue weighted by atomic mass is 35.5. The molecule has 1 aromatic rings. The fourth-order valence-corrected chi connectivity index (χ4v) is 4.35. The predicted molar refractivity (Wildman–Crippen MR) is 96.7 cm³/mol. The number of aryl methyl sites for hydroxylation is 1. The summed E-state index contributed by atoms with van der Waals surface area (Å²) in [4.78, 5) is 15.2. The Hall–Kier alpha value is -1.06. The number of nitrogens with two attached hydrogens (primary N) is 1. The molecule has 3 rings (SSSR count). The second kappa shape index (κ2) is 7.67. The third-order valence-electron chi connectivity index (χ3n) is 5.82. The van der Waals surface area contributed by atoms with Crippen molar-refractivity contribution in [2.75, 3.05) is 13.1 Å². The Morgan fingerprint density at radius 2 is 2.00 bits per heavy atom. The van der Waals surface area contributed by atoms with Gasteiger partial charge in [-0.1, -0.05) is 24.6 Å². The van der Waals surface area contributed by atoms with E-state index in [0.717, 1.165) is 38.6 Å². The molecule has 1 saturated heterocycles. The molecule has 1 heterocycles. The van der Waals surface area contributed by atoms with Crippen LogP contribution in [0.3, 0.4) is 0 Å². The Morgan fingerprint density at radius 1 is 1.22 bits per heavy atom. The van der Waals surface area contributed by atoms with Crippen LogP contribution in [0.1, 0.15) is 54.8 Å². The van der Waals surface area contributed by atoms with E-state index in [9.17, 15) is 4.79 Å². The zero-order chi connectivity index (χ0) is 15.7. The number of carbonyl (C=O) groups is 1. The lowest BCUT2D eigenvalue weighted by atomic mass is 9.92. The summed E-state index contributed by atoms with van der Waals surface area (Å²) in [5.74, 6) is 0.916. The maximum Gasteiger partial charge on any atom is 0.226 e. The summed E-state index contributed by atoms with van der Waals surface area (Å²) in [6.45, 7) is 5.90. The molecule has 0 radical (unpaired) electrons. The van der Waals surface area contributed by atoms with Gasteiger partial charge in [0.2, 0.25) is 5.91 Å². The number of hydrogen-bond acceptors (Lipinski definition) is 2. The van der Waals surface area contributed by atoms with Crippen LogP contribution in [0.5, 0.6) is 0 Å². The molecule has 2 N–H and O–H groups in total. The average Bonchev–Trinajstić information content (AvgIpc) is 3.17. The number of nitrogens with zero attached hydrogens (tertiary/aromatic N) is 1. The first-order valence-corrected chi connectivity index (χ1v) is 8.70. The summed E-state index contributed by atoms with van der Waals surface area (Å²) >= 11 is 0. The van der Waals surface area contributed by atoms with Gasteiger partial charge in [0, 0.05) is 12.5 Å². The highest BCUT2D eigenvalue weighted by molar-refractivity contribution is 5.85. The van der Waals surface area contributed by atoms with Crippen molar-refractivity contribution in [2.24, 2.45) is 17.6 Å². The van der Waals surface area contributed by atoms with Crippen molar-refractivity contribution < 1.29 is 4.79 Å². The van der Waals surface area contributed by atoms with Crippen molar-refractivity contribution in [3.63, 3.8) is 0 Å². The van der Waals surface area contributed by atoms with E-state index in [1.54, 1.807) is 0 Å². The van der Waals surface area contributed by atoms with Crippen molar-refractivity contribution in [2.45, 2.75) is 52.0 Å². The van der Waals surface area contributed by atoms with Crippen molar-refractivity contribution in [1.82, 2.24) is 4.90 Å². The predicted octanol–water partition coefficient (Wildman–Crippen LogP) is 3.76. The van der Waals surface area contributed by atoms with Gasteiger partial charge in [0.15, 0.2) is 0 Å². The fraction of sp³-hybridized carbons (Fsp3) is 0.632. The van der Waals surface area contributed by atoms with Crippen LogP contribution in [0, 0.1) is 25.7 Å². The first-order valence-electron chi connectivity index (χ1n) is 8.70. The summed E-state index contributed by atoms with van der Waals surface area (Å²) in [5, 5.41) is 0. The quantitative estimate of drug-likeness (QED) is 0.913.